The number of ether oxygens (including phenoxy) is 5. The number of hydrogen-bond donors (Lipinski definition) is 0. The third kappa shape index (κ3) is 5.80. The molecule has 3 fully saturated rings. The van der Waals surface area contributed by atoms with Crippen LogP contribution in [0.4, 0.5) is 0 Å². The van der Waals surface area contributed by atoms with Crippen molar-refractivity contribution in [1.82, 2.24) is 4.31 Å². The van der Waals surface area contributed by atoms with Crippen molar-refractivity contribution in [1.29, 1.82) is 0 Å². The summed E-state index contributed by atoms with van der Waals surface area (Å²) in [5, 5.41) is 0. The number of rotatable bonds is 7. The summed E-state index contributed by atoms with van der Waals surface area (Å²) >= 11 is 0. The minimum Gasteiger partial charge on any atom is -0.460 e. The van der Waals surface area contributed by atoms with Gasteiger partial charge in [0.15, 0.2) is 18.1 Å². The van der Waals surface area contributed by atoms with Crippen molar-refractivity contribution in [2.45, 2.75) is 88.0 Å². The average molecular weight is 546 g/mol. The van der Waals surface area contributed by atoms with Crippen molar-refractivity contribution in [3.63, 3.8) is 0 Å². The molecule has 2 aromatic rings. The van der Waals surface area contributed by atoms with E-state index < -0.39 is 52.4 Å². The molecule has 3 aliphatic heterocycles. The van der Waals surface area contributed by atoms with Gasteiger partial charge in [-0.3, -0.25) is 4.79 Å². The first kappa shape index (κ1) is 27.2. The fraction of sp³-hybridized carbons (Fsp3) is 0.536. The van der Waals surface area contributed by atoms with Gasteiger partial charge in [-0.1, -0.05) is 48.0 Å². The molecule has 38 heavy (non-hydrogen) atoms. The second-order valence-electron chi connectivity index (χ2n) is 10.5. The zero-order valence-corrected chi connectivity index (χ0v) is 22.8. The fourth-order valence-corrected chi connectivity index (χ4v) is 6.82. The Balaban J connectivity index is 1.52. The van der Waals surface area contributed by atoms with E-state index >= 15 is 0 Å². The van der Waals surface area contributed by atoms with Crippen LogP contribution in [-0.4, -0.2) is 68.3 Å². The Morgan fingerprint density at radius 1 is 1.05 bits per heavy atom. The van der Waals surface area contributed by atoms with Crippen LogP contribution in [0.25, 0.3) is 0 Å². The zero-order valence-electron chi connectivity index (χ0n) is 21.9. The van der Waals surface area contributed by atoms with E-state index in [2.05, 4.69) is 0 Å². The summed E-state index contributed by atoms with van der Waals surface area (Å²) in [5.41, 5.74) is 1.71. The highest BCUT2D eigenvalue weighted by Crippen LogP contribution is 2.40. The summed E-state index contributed by atoms with van der Waals surface area (Å²) in [6, 6.07) is 14.5. The van der Waals surface area contributed by atoms with Crippen molar-refractivity contribution in [2.24, 2.45) is 0 Å². The molecule has 3 heterocycles. The first-order valence-electron chi connectivity index (χ1n) is 13.1. The van der Waals surface area contributed by atoms with E-state index in [1.165, 1.54) is 0 Å². The molecule has 2 aromatic carbocycles. The molecule has 0 saturated carbocycles. The summed E-state index contributed by atoms with van der Waals surface area (Å²) in [6.45, 7) is 5.86. The van der Waals surface area contributed by atoms with E-state index in [9.17, 15) is 13.2 Å². The number of aryl methyl sites for hydroxylation is 1. The lowest BCUT2D eigenvalue weighted by Crippen LogP contribution is -2.66. The molecular weight excluding hydrogens is 510 g/mol. The van der Waals surface area contributed by atoms with Gasteiger partial charge in [-0.2, -0.15) is 4.31 Å². The average Bonchev–Trinajstić information content (AvgIpc) is 3.22. The quantitative estimate of drug-likeness (QED) is 0.487. The van der Waals surface area contributed by atoms with Crippen LogP contribution in [0.3, 0.4) is 0 Å². The summed E-state index contributed by atoms with van der Waals surface area (Å²) in [7, 11) is -4.13. The van der Waals surface area contributed by atoms with Crippen LogP contribution in [0, 0.1) is 6.92 Å². The Labute approximate surface area is 224 Å². The van der Waals surface area contributed by atoms with Gasteiger partial charge in [0, 0.05) is 13.2 Å². The van der Waals surface area contributed by atoms with Crippen LogP contribution in [0.15, 0.2) is 59.5 Å². The molecular formula is C28H35NO8S. The molecule has 5 atom stereocenters. The van der Waals surface area contributed by atoms with Crippen molar-refractivity contribution in [2.75, 3.05) is 13.2 Å². The molecule has 9 nitrogen and oxygen atoms in total. The second kappa shape index (κ2) is 11.0. The summed E-state index contributed by atoms with van der Waals surface area (Å²) < 4.78 is 59.4. The van der Waals surface area contributed by atoms with Gasteiger partial charge in [-0.15, -0.1) is 0 Å². The highest BCUT2D eigenvalue weighted by Gasteiger charge is 2.59. The largest absolute Gasteiger partial charge is 0.460 e. The van der Waals surface area contributed by atoms with E-state index in [4.69, 9.17) is 23.7 Å². The van der Waals surface area contributed by atoms with Gasteiger partial charge in [0.05, 0.1) is 4.90 Å². The van der Waals surface area contributed by atoms with E-state index in [0.717, 1.165) is 28.3 Å². The van der Waals surface area contributed by atoms with Crippen molar-refractivity contribution >= 4 is 16.0 Å². The number of nitrogens with zero attached hydrogens (tertiary/aromatic N) is 1. The number of carbonyl (C=O) groups excluding carboxylic acids is 1. The van der Waals surface area contributed by atoms with Crippen molar-refractivity contribution in [3.8, 4) is 0 Å². The van der Waals surface area contributed by atoms with Gasteiger partial charge in [-0.05, 0) is 57.7 Å². The second-order valence-corrected chi connectivity index (χ2v) is 12.4. The summed E-state index contributed by atoms with van der Waals surface area (Å²) in [4.78, 5) is 13.8. The third-order valence-electron chi connectivity index (χ3n) is 7.07. The number of sulfonamides is 1. The van der Waals surface area contributed by atoms with Gasteiger partial charge < -0.3 is 23.7 Å². The molecule has 0 aromatic heterocycles. The molecule has 0 aliphatic carbocycles. The van der Waals surface area contributed by atoms with Crippen LogP contribution in [-0.2, 0) is 45.1 Å². The predicted octanol–water partition coefficient (Wildman–Crippen LogP) is 3.54. The maximum Gasteiger partial charge on any atom is 0.327 e. The number of benzene rings is 2. The summed E-state index contributed by atoms with van der Waals surface area (Å²) in [6.07, 6.45) is -0.460. The normalized spacial score (nSPS) is 29.5. The first-order valence-corrected chi connectivity index (χ1v) is 14.5. The summed E-state index contributed by atoms with van der Waals surface area (Å²) in [5.74, 6) is -1.69. The lowest BCUT2D eigenvalue weighted by molar-refractivity contribution is -0.235. The van der Waals surface area contributed by atoms with Crippen molar-refractivity contribution < 1.29 is 36.9 Å². The monoisotopic (exact) mass is 545 g/mol. The molecule has 0 unspecified atom stereocenters. The number of piperidine rings is 1. The van der Waals surface area contributed by atoms with E-state index in [-0.39, 0.29) is 18.0 Å². The molecule has 0 radical (unpaired) electrons. The van der Waals surface area contributed by atoms with Gasteiger partial charge in [0.25, 0.3) is 0 Å². The topological polar surface area (TPSA) is 101 Å². The van der Waals surface area contributed by atoms with Crippen LogP contribution in [0.5, 0.6) is 0 Å². The minimum atomic E-state index is -4.13. The Hall–Kier alpha value is -2.34. The van der Waals surface area contributed by atoms with Gasteiger partial charge in [0.2, 0.25) is 10.0 Å². The molecule has 0 bridgehead atoms. The molecule has 0 spiro atoms. The van der Waals surface area contributed by atoms with Gasteiger partial charge in [-0.25, -0.2) is 8.42 Å². The number of fused-ring (bicyclic) bond motifs is 1. The highest BCUT2D eigenvalue weighted by molar-refractivity contribution is 7.89. The predicted molar refractivity (Wildman–Crippen MR) is 137 cm³/mol. The Morgan fingerprint density at radius 2 is 1.79 bits per heavy atom. The lowest BCUT2D eigenvalue weighted by atomic mass is 9.95. The smallest absolute Gasteiger partial charge is 0.327 e. The van der Waals surface area contributed by atoms with Crippen LogP contribution < -0.4 is 0 Å². The van der Waals surface area contributed by atoms with Crippen molar-refractivity contribution in [3.05, 3.63) is 65.7 Å². The van der Waals surface area contributed by atoms with Gasteiger partial charge in [0.1, 0.15) is 24.9 Å². The molecule has 0 N–H and O–H groups in total. The molecule has 5 rings (SSSR count). The number of carbonyl (C=O) groups is 1. The van der Waals surface area contributed by atoms with Crippen LogP contribution in [0.2, 0.25) is 0 Å². The van der Waals surface area contributed by atoms with Crippen LogP contribution >= 0.6 is 0 Å². The first-order chi connectivity index (χ1) is 18.1. The molecule has 10 heteroatoms. The van der Waals surface area contributed by atoms with Gasteiger partial charge >= 0.3 is 5.97 Å². The van der Waals surface area contributed by atoms with Crippen LogP contribution in [0.1, 0.15) is 44.2 Å². The fourth-order valence-electron chi connectivity index (χ4n) is 5.22. The number of esters is 1. The Kier molecular flexibility index (Phi) is 7.91. The third-order valence-corrected chi connectivity index (χ3v) is 8.93. The molecule has 3 saturated heterocycles. The van der Waals surface area contributed by atoms with E-state index in [1.807, 2.05) is 37.3 Å². The number of hydrogen-bond acceptors (Lipinski definition) is 8. The molecule has 0 amide bonds. The minimum absolute atomic E-state index is 0.00180. The lowest BCUT2D eigenvalue weighted by Gasteiger charge is -2.44. The molecule has 3 aliphatic rings. The SMILES string of the molecule is Cc1ccc(S(=O)(=O)N2C[C@@H]3OC(C)(C)O[C@@H]3[C@@H](O[C@@H]3CCCCO3)[C@@H]2C(=O)OCc2ccccc2)cc1. The standard InChI is InChI=1S/C28H35NO8S/c1-19-12-14-21(15-13-19)38(31,32)29-17-22-25(37-28(2,3)36-22)26(35-23-11-7-8-16-33-23)24(29)27(30)34-18-20-9-5-4-6-10-20/h4-6,9-10,12-15,22-26H,7-8,11,16-18H2,1-3H3/t22-,23+,24+,25-,26-/m0/s1. The molecule has 206 valence electrons. The maximum absolute atomic E-state index is 14.0. The Morgan fingerprint density at radius 3 is 2.47 bits per heavy atom. The highest BCUT2D eigenvalue weighted by atomic mass is 32.2. The Bertz CT molecular complexity index is 1210. The van der Waals surface area contributed by atoms with E-state index in [1.54, 1.807) is 38.1 Å². The maximum atomic E-state index is 14.0. The van der Waals surface area contributed by atoms with E-state index in [0.29, 0.717) is 13.0 Å². The zero-order chi connectivity index (χ0) is 26.9.